The Hall–Kier alpha value is -4.75. The Bertz CT molecular complexity index is 1360. The Morgan fingerprint density at radius 1 is 1.19 bits per heavy atom. The lowest BCUT2D eigenvalue weighted by atomic mass is 10.1. The third kappa shape index (κ3) is 6.48. The van der Waals surface area contributed by atoms with Crippen molar-refractivity contribution in [3.63, 3.8) is 0 Å². The molecule has 1 aliphatic rings. The zero-order valence-electron chi connectivity index (χ0n) is 20.4. The van der Waals surface area contributed by atoms with Gasteiger partial charge in [-0.05, 0) is 34.9 Å². The van der Waals surface area contributed by atoms with Crippen LogP contribution in [-0.2, 0) is 24.4 Å². The summed E-state index contributed by atoms with van der Waals surface area (Å²) in [5.41, 5.74) is 10.6. The number of nitrogen functional groups attached to an aromatic ring is 1. The zero-order chi connectivity index (χ0) is 26.2. The van der Waals surface area contributed by atoms with Crippen molar-refractivity contribution >= 4 is 35.5 Å². The number of aliphatic imine (C=N–C) groups is 1. The average molecular weight is 498 g/mol. The fourth-order valence-electron chi connectivity index (χ4n) is 3.69. The zero-order valence-corrected chi connectivity index (χ0v) is 20.4. The molecule has 2 heterocycles. The van der Waals surface area contributed by atoms with E-state index >= 15 is 0 Å². The number of nitriles is 1. The molecule has 1 amide bonds. The van der Waals surface area contributed by atoms with Crippen LogP contribution >= 0.6 is 0 Å². The largest absolute Gasteiger partial charge is 0.471 e. The number of ether oxygens (including phenoxy) is 1. The third-order valence-corrected chi connectivity index (χ3v) is 5.74. The molecule has 37 heavy (non-hydrogen) atoms. The van der Waals surface area contributed by atoms with E-state index < -0.39 is 5.91 Å². The van der Waals surface area contributed by atoms with Crippen LogP contribution in [-0.4, -0.2) is 47.4 Å². The first-order valence-corrected chi connectivity index (χ1v) is 11.7. The summed E-state index contributed by atoms with van der Waals surface area (Å²) in [5.74, 6) is 0.0566. The van der Waals surface area contributed by atoms with Crippen molar-refractivity contribution in [3.05, 3.63) is 76.5 Å². The molecule has 10 heteroatoms. The van der Waals surface area contributed by atoms with Crippen molar-refractivity contribution in [1.29, 1.82) is 5.26 Å². The van der Waals surface area contributed by atoms with E-state index in [1.165, 1.54) is 0 Å². The van der Waals surface area contributed by atoms with Crippen molar-refractivity contribution in [2.45, 2.75) is 19.6 Å². The average Bonchev–Trinajstić information content (AvgIpc) is 3.38. The molecule has 2 aromatic carbocycles. The second-order valence-corrected chi connectivity index (χ2v) is 8.39. The number of rotatable bonds is 10. The van der Waals surface area contributed by atoms with Crippen molar-refractivity contribution in [2.75, 3.05) is 30.8 Å². The summed E-state index contributed by atoms with van der Waals surface area (Å²) < 4.78 is 5.82. The van der Waals surface area contributed by atoms with Crippen LogP contribution in [0.2, 0.25) is 0 Å². The molecule has 0 saturated heterocycles. The number of hydrogen-bond donors (Lipinski definition) is 3. The number of aromatic nitrogens is 2. The fourth-order valence-corrected chi connectivity index (χ4v) is 3.69. The third-order valence-electron chi connectivity index (χ3n) is 5.74. The summed E-state index contributed by atoms with van der Waals surface area (Å²) in [7, 11) is 1.88. The molecule has 1 aromatic heterocycles. The number of nitrogens with zero attached hydrogens (tertiary/aromatic N) is 5. The number of nitrogens with one attached hydrogen (secondary N) is 1. The van der Waals surface area contributed by atoms with Crippen molar-refractivity contribution in [1.82, 2.24) is 15.3 Å². The van der Waals surface area contributed by atoms with E-state index in [4.69, 9.17) is 15.6 Å². The first-order valence-electron chi connectivity index (χ1n) is 11.7. The lowest BCUT2D eigenvalue weighted by Crippen LogP contribution is -2.24. The highest BCUT2D eigenvalue weighted by Crippen LogP contribution is 2.33. The predicted octanol–water partition coefficient (Wildman–Crippen LogP) is 2.55. The van der Waals surface area contributed by atoms with Crippen LogP contribution in [0.3, 0.4) is 0 Å². The maximum atomic E-state index is 12.6. The molecule has 0 fully saturated rings. The molecule has 0 aliphatic carbocycles. The van der Waals surface area contributed by atoms with Gasteiger partial charge in [0.25, 0.3) is 5.91 Å². The molecule has 10 nitrogen and oxygen atoms in total. The lowest BCUT2D eigenvalue weighted by molar-refractivity contribution is -0.117. The van der Waals surface area contributed by atoms with E-state index in [-0.39, 0.29) is 31.3 Å². The number of aliphatic hydroxyl groups is 1. The summed E-state index contributed by atoms with van der Waals surface area (Å²) in [6, 6.07) is 16.9. The van der Waals surface area contributed by atoms with Crippen molar-refractivity contribution in [3.8, 4) is 11.9 Å². The van der Waals surface area contributed by atoms with Gasteiger partial charge < -0.3 is 25.8 Å². The van der Waals surface area contributed by atoms with Crippen molar-refractivity contribution < 1.29 is 14.6 Å². The van der Waals surface area contributed by atoms with E-state index in [1.54, 1.807) is 12.3 Å². The van der Waals surface area contributed by atoms with Crippen LogP contribution in [0.1, 0.15) is 22.4 Å². The number of fused-ring (bicyclic) bond motifs is 1. The van der Waals surface area contributed by atoms with Gasteiger partial charge >= 0.3 is 0 Å². The molecule has 4 rings (SSSR count). The van der Waals surface area contributed by atoms with Gasteiger partial charge in [0.05, 0.1) is 12.3 Å². The second-order valence-electron chi connectivity index (χ2n) is 8.39. The summed E-state index contributed by atoms with van der Waals surface area (Å²) >= 11 is 0. The molecule has 1 aliphatic heterocycles. The van der Waals surface area contributed by atoms with Gasteiger partial charge in [-0.15, -0.1) is 0 Å². The summed E-state index contributed by atoms with van der Waals surface area (Å²) in [4.78, 5) is 27.1. The highest BCUT2D eigenvalue weighted by Gasteiger charge is 2.17. The molecule has 0 saturated carbocycles. The van der Waals surface area contributed by atoms with Gasteiger partial charge in [-0.25, -0.2) is 4.98 Å². The molecule has 0 bridgehead atoms. The molecular formula is C27H27N7O3. The van der Waals surface area contributed by atoms with Gasteiger partial charge in [0, 0.05) is 38.5 Å². The monoisotopic (exact) mass is 497 g/mol. The standard InChI is InChI=1S/C27H27N7O3/c1-34(12-13-35)22-8-6-18(7-9-22)14-21(15-28)25(36)31-16-19-2-4-20(5-3-19)17-37-26-24-23(10-11-30-24)32-27(29)33-26/h2-9,11,14,35H,10,12-13,16-17H2,1H3,(H,31,36)(H2,29,32,33)/b21-14+. The summed E-state index contributed by atoms with van der Waals surface area (Å²) in [6.07, 6.45) is 3.90. The highest BCUT2D eigenvalue weighted by molar-refractivity contribution is 6.01. The number of benzene rings is 2. The Balaban J connectivity index is 1.31. The van der Waals surface area contributed by atoms with Crippen molar-refractivity contribution in [2.24, 2.45) is 4.99 Å². The van der Waals surface area contributed by atoms with Crippen LogP contribution in [0.4, 0.5) is 17.3 Å². The maximum absolute atomic E-state index is 12.6. The first kappa shape index (κ1) is 25.3. The molecule has 4 N–H and O–H groups in total. The molecule has 0 radical (unpaired) electrons. The predicted molar refractivity (Wildman–Crippen MR) is 141 cm³/mol. The van der Waals surface area contributed by atoms with Crippen LogP contribution in [0.5, 0.6) is 5.88 Å². The van der Waals surface area contributed by atoms with Crippen LogP contribution in [0.25, 0.3) is 6.08 Å². The quantitative estimate of drug-likeness (QED) is 0.286. The molecule has 188 valence electrons. The number of nitrogens with two attached hydrogens (primary N) is 1. The van der Waals surface area contributed by atoms with Gasteiger partial charge in [-0.2, -0.15) is 10.2 Å². The number of amides is 1. The minimum Gasteiger partial charge on any atom is -0.471 e. The van der Waals surface area contributed by atoms with Crippen LogP contribution < -0.4 is 20.7 Å². The summed E-state index contributed by atoms with van der Waals surface area (Å²) in [5, 5.41) is 21.3. The Kier molecular flexibility index (Phi) is 8.08. The van der Waals surface area contributed by atoms with Gasteiger partial charge in [0.1, 0.15) is 23.9 Å². The van der Waals surface area contributed by atoms with Gasteiger partial charge in [0.2, 0.25) is 11.8 Å². The van der Waals surface area contributed by atoms with E-state index in [0.29, 0.717) is 24.5 Å². The maximum Gasteiger partial charge on any atom is 0.262 e. The number of anilines is 2. The topological polar surface area (TPSA) is 150 Å². The van der Waals surface area contributed by atoms with Gasteiger partial charge in [-0.1, -0.05) is 36.4 Å². The highest BCUT2D eigenvalue weighted by atomic mass is 16.5. The van der Waals surface area contributed by atoms with E-state index in [2.05, 4.69) is 20.3 Å². The van der Waals surface area contributed by atoms with E-state index in [0.717, 1.165) is 28.1 Å². The van der Waals surface area contributed by atoms with E-state index in [1.807, 2.05) is 66.5 Å². The Morgan fingerprint density at radius 2 is 1.92 bits per heavy atom. The fraction of sp³-hybridized carbons (Fsp3) is 0.222. The van der Waals surface area contributed by atoms with Gasteiger partial charge in [-0.3, -0.25) is 9.79 Å². The molecular weight excluding hydrogens is 470 g/mol. The number of aliphatic hydroxyl groups excluding tert-OH is 1. The molecule has 0 unspecified atom stereocenters. The second kappa shape index (κ2) is 11.8. The Labute approximate surface area is 214 Å². The number of likely N-dealkylation sites (N-methyl/N-ethyl adjacent to an activating group) is 1. The Morgan fingerprint density at radius 3 is 2.62 bits per heavy atom. The molecule has 0 atom stereocenters. The smallest absolute Gasteiger partial charge is 0.262 e. The molecule has 0 spiro atoms. The number of carbonyl (C=O) groups excluding carboxylic acids is 1. The normalized spacial score (nSPS) is 12.1. The minimum atomic E-state index is -0.452. The number of hydrogen-bond acceptors (Lipinski definition) is 9. The van der Waals surface area contributed by atoms with Crippen LogP contribution in [0.15, 0.2) is 59.1 Å². The van der Waals surface area contributed by atoms with E-state index in [9.17, 15) is 10.1 Å². The SMILES string of the molecule is CN(CCO)c1ccc(/C=C(\C#N)C(=O)NCc2ccc(COc3nc(N)nc4c3N=CC4)cc2)cc1. The first-order chi connectivity index (χ1) is 18.0. The van der Waals surface area contributed by atoms with Crippen LogP contribution in [0, 0.1) is 11.3 Å². The summed E-state index contributed by atoms with van der Waals surface area (Å²) in [6.45, 7) is 1.13. The lowest BCUT2D eigenvalue weighted by Gasteiger charge is -2.17. The molecule has 3 aromatic rings. The number of carbonyl (C=O) groups is 1. The van der Waals surface area contributed by atoms with Gasteiger partial charge in [0.15, 0.2) is 0 Å². The minimum absolute atomic E-state index is 0.0146.